The summed E-state index contributed by atoms with van der Waals surface area (Å²) in [6.07, 6.45) is -1.51. The Kier molecular flexibility index (Phi) is 5.61. The first-order valence-corrected chi connectivity index (χ1v) is 10.9. The highest BCUT2D eigenvalue weighted by molar-refractivity contribution is 7.16. The summed E-state index contributed by atoms with van der Waals surface area (Å²) in [5, 5.41) is 13.2. The van der Waals surface area contributed by atoms with Gasteiger partial charge in [-0.15, -0.1) is 11.3 Å². The highest BCUT2D eigenvalue weighted by Gasteiger charge is 2.35. The summed E-state index contributed by atoms with van der Waals surface area (Å²) in [5.74, 6) is 0. The molecule has 8 heteroatoms. The van der Waals surface area contributed by atoms with Crippen LogP contribution in [0.5, 0.6) is 0 Å². The van der Waals surface area contributed by atoms with Gasteiger partial charge < -0.3 is 14.7 Å². The summed E-state index contributed by atoms with van der Waals surface area (Å²) in [4.78, 5) is 17.2. The maximum atomic E-state index is 12.5. The number of carbonyl (C=O) groups is 1. The molecule has 1 aromatic heterocycles. The molecule has 0 saturated carbocycles. The first-order valence-electron chi connectivity index (χ1n) is 9.70. The molecule has 3 heterocycles. The molecule has 1 aromatic carbocycles. The molecule has 29 heavy (non-hydrogen) atoms. The average Bonchev–Trinajstić information content (AvgIpc) is 3.24. The molecule has 6 nitrogen and oxygen atoms in total. The number of nitrogens with zero attached hydrogens (tertiary/aromatic N) is 2. The lowest BCUT2D eigenvalue weighted by Gasteiger charge is -2.38. The quantitative estimate of drug-likeness (QED) is 0.700. The largest absolute Gasteiger partial charge is 0.443 e. The Labute approximate surface area is 180 Å². The minimum atomic E-state index is -0.832. The summed E-state index contributed by atoms with van der Waals surface area (Å²) in [7, 11) is 2.13. The Bertz CT molecular complexity index is 916. The maximum absolute atomic E-state index is 12.5. The first-order chi connectivity index (χ1) is 13.7. The Morgan fingerprint density at radius 2 is 2.17 bits per heavy atom. The van der Waals surface area contributed by atoms with Gasteiger partial charge in [0, 0.05) is 35.6 Å². The molecule has 1 saturated heterocycles. The number of carbonyl (C=O) groups excluding carboxylic acids is 1. The molecule has 156 valence electrons. The molecule has 1 fully saturated rings. The van der Waals surface area contributed by atoms with Crippen LogP contribution in [0.4, 0.5) is 10.5 Å². The third-order valence-corrected chi connectivity index (χ3v) is 6.80. The highest BCUT2D eigenvalue weighted by Crippen LogP contribution is 2.36. The number of amides is 1. The van der Waals surface area contributed by atoms with E-state index in [1.807, 2.05) is 6.07 Å². The smallest absolute Gasteiger partial charge is 0.414 e. The molecular weight excluding hydrogens is 410 g/mol. The molecule has 0 radical (unpaired) electrons. The summed E-state index contributed by atoms with van der Waals surface area (Å²) in [6, 6.07) is 9.77. The van der Waals surface area contributed by atoms with Crippen molar-refractivity contribution >= 4 is 34.7 Å². The van der Waals surface area contributed by atoms with Crippen LogP contribution in [0, 0.1) is 0 Å². The Morgan fingerprint density at radius 1 is 1.38 bits per heavy atom. The summed E-state index contributed by atoms with van der Waals surface area (Å²) < 4.78 is 6.14. The van der Waals surface area contributed by atoms with Gasteiger partial charge in [-0.05, 0) is 42.4 Å². The van der Waals surface area contributed by atoms with Gasteiger partial charge in [0.25, 0.3) is 0 Å². The number of halogens is 1. The maximum Gasteiger partial charge on any atom is 0.414 e. The molecule has 2 N–H and O–H groups in total. The normalized spacial score (nSPS) is 22.4. The number of aliphatic hydroxyl groups is 1. The van der Waals surface area contributed by atoms with Gasteiger partial charge in [-0.3, -0.25) is 10.2 Å². The molecule has 1 amide bonds. The van der Waals surface area contributed by atoms with Crippen molar-refractivity contribution in [2.75, 3.05) is 31.6 Å². The highest BCUT2D eigenvalue weighted by atomic mass is 35.5. The van der Waals surface area contributed by atoms with Crippen LogP contribution in [0.2, 0.25) is 4.34 Å². The Morgan fingerprint density at radius 3 is 2.90 bits per heavy atom. The van der Waals surface area contributed by atoms with Crippen LogP contribution < -0.4 is 10.2 Å². The van der Waals surface area contributed by atoms with Crippen molar-refractivity contribution in [3.63, 3.8) is 0 Å². The van der Waals surface area contributed by atoms with E-state index in [1.54, 1.807) is 17.0 Å². The van der Waals surface area contributed by atoms with Crippen LogP contribution in [0.25, 0.3) is 0 Å². The van der Waals surface area contributed by atoms with E-state index in [0.717, 1.165) is 23.7 Å². The standard InChI is InChI=1S/C21H26ClN3O3S/c1-21(2)12-24(3)10-13-4-5-14(8-16(13)21)25-11-15(28-20(25)27)9-23-19(26)17-6-7-18(22)29-17/h4-8,15,19,23,26H,9-12H2,1-3H3/t15-,19?/m0/s1. The fourth-order valence-corrected chi connectivity index (χ4v) is 5.29. The number of hydrogen-bond donors (Lipinski definition) is 2. The second-order valence-electron chi connectivity index (χ2n) is 8.47. The SMILES string of the molecule is CN1Cc2ccc(N3C[C@H](CNC(O)c4ccc(Cl)s4)OC3=O)cc2C(C)(C)C1. The van der Waals surface area contributed by atoms with E-state index in [0.29, 0.717) is 17.4 Å². The van der Waals surface area contributed by atoms with Crippen LogP contribution in [0.15, 0.2) is 30.3 Å². The zero-order chi connectivity index (χ0) is 20.8. The van der Waals surface area contributed by atoms with Crippen molar-refractivity contribution in [3.05, 3.63) is 50.7 Å². The molecular formula is C21H26ClN3O3S. The van der Waals surface area contributed by atoms with Gasteiger partial charge in [-0.2, -0.15) is 0 Å². The summed E-state index contributed by atoms with van der Waals surface area (Å²) >= 11 is 7.24. The first kappa shape index (κ1) is 20.6. The lowest BCUT2D eigenvalue weighted by Crippen LogP contribution is -2.40. The third kappa shape index (κ3) is 4.29. The van der Waals surface area contributed by atoms with Gasteiger partial charge in [0.1, 0.15) is 12.3 Å². The van der Waals surface area contributed by atoms with Gasteiger partial charge in [-0.25, -0.2) is 4.79 Å². The van der Waals surface area contributed by atoms with E-state index in [1.165, 1.54) is 22.5 Å². The molecule has 2 aliphatic rings. The van der Waals surface area contributed by atoms with Crippen LogP contribution in [-0.2, 0) is 16.7 Å². The monoisotopic (exact) mass is 435 g/mol. The number of nitrogens with one attached hydrogen (secondary N) is 1. The van der Waals surface area contributed by atoms with Crippen molar-refractivity contribution in [1.29, 1.82) is 0 Å². The summed E-state index contributed by atoms with van der Waals surface area (Å²) in [5.41, 5.74) is 3.47. The summed E-state index contributed by atoms with van der Waals surface area (Å²) in [6.45, 7) is 7.17. The lowest BCUT2D eigenvalue weighted by molar-refractivity contribution is 0.103. The fraction of sp³-hybridized carbons (Fsp3) is 0.476. The Balaban J connectivity index is 1.43. The van der Waals surface area contributed by atoms with Crippen LogP contribution in [0.1, 0.15) is 36.1 Å². The topological polar surface area (TPSA) is 65.0 Å². The molecule has 0 bridgehead atoms. The molecule has 2 aliphatic heterocycles. The van der Waals surface area contributed by atoms with Gasteiger partial charge in [0.05, 0.1) is 10.9 Å². The van der Waals surface area contributed by atoms with Gasteiger partial charge in [0.15, 0.2) is 0 Å². The van der Waals surface area contributed by atoms with E-state index in [-0.39, 0.29) is 17.6 Å². The minimum Gasteiger partial charge on any atom is -0.443 e. The predicted octanol–water partition coefficient (Wildman–Crippen LogP) is 3.73. The second-order valence-corrected chi connectivity index (χ2v) is 10.2. The number of ether oxygens (including phenoxy) is 1. The van der Waals surface area contributed by atoms with E-state index >= 15 is 0 Å². The van der Waals surface area contributed by atoms with Crippen molar-refractivity contribution in [3.8, 4) is 0 Å². The molecule has 1 unspecified atom stereocenters. The van der Waals surface area contributed by atoms with Gasteiger partial charge >= 0.3 is 6.09 Å². The molecule has 0 aliphatic carbocycles. The number of fused-ring (bicyclic) bond motifs is 1. The second kappa shape index (κ2) is 7.89. The minimum absolute atomic E-state index is 0.0228. The lowest BCUT2D eigenvalue weighted by atomic mass is 9.78. The molecule has 2 atom stereocenters. The predicted molar refractivity (Wildman–Crippen MR) is 116 cm³/mol. The number of benzene rings is 1. The van der Waals surface area contributed by atoms with Crippen LogP contribution in [-0.4, -0.2) is 48.9 Å². The van der Waals surface area contributed by atoms with Gasteiger partial charge in [0.2, 0.25) is 0 Å². The average molecular weight is 436 g/mol. The van der Waals surface area contributed by atoms with Crippen molar-refractivity contribution in [1.82, 2.24) is 10.2 Å². The number of thiophene rings is 1. The number of anilines is 1. The van der Waals surface area contributed by atoms with E-state index in [4.69, 9.17) is 16.3 Å². The number of hydrogen-bond acceptors (Lipinski definition) is 6. The van der Waals surface area contributed by atoms with Gasteiger partial charge in [-0.1, -0.05) is 31.5 Å². The number of rotatable bonds is 5. The zero-order valence-corrected chi connectivity index (χ0v) is 18.4. The van der Waals surface area contributed by atoms with E-state index in [2.05, 4.69) is 43.2 Å². The fourth-order valence-electron chi connectivity index (χ4n) is 4.26. The van der Waals surface area contributed by atoms with E-state index < -0.39 is 6.23 Å². The Hall–Kier alpha value is -1.64. The molecule has 2 aromatic rings. The molecule has 0 spiro atoms. The van der Waals surface area contributed by atoms with Crippen LogP contribution in [0.3, 0.4) is 0 Å². The third-order valence-electron chi connectivity index (χ3n) is 5.52. The zero-order valence-electron chi connectivity index (χ0n) is 16.8. The number of likely N-dealkylation sites (N-methyl/N-ethyl adjacent to an activating group) is 1. The number of aliphatic hydroxyl groups excluding tert-OH is 1. The van der Waals surface area contributed by atoms with Crippen LogP contribution >= 0.6 is 22.9 Å². The van der Waals surface area contributed by atoms with Crippen molar-refractivity contribution in [2.24, 2.45) is 0 Å². The van der Waals surface area contributed by atoms with Crippen molar-refractivity contribution < 1.29 is 14.6 Å². The number of cyclic esters (lactones) is 1. The van der Waals surface area contributed by atoms with E-state index in [9.17, 15) is 9.90 Å². The van der Waals surface area contributed by atoms with Crippen molar-refractivity contribution in [2.45, 2.75) is 38.1 Å². The molecule has 4 rings (SSSR count).